The van der Waals surface area contributed by atoms with Crippen LogP contribution >= 0.6 is 0 Å². The highest BCUT2D eigenvalue weighted by atomic mass is 32.2. The van der Waals surface area contributed by atoms with E-state index in [1.54, 1.807) is 17.0 Å². The lowest BCUT2D eigenvalue weighted by molar-refractivity contribution is -0.0221. The second-order valence-electron chi connectivity index (χ2n) is 11.2. The van der Waals surface area contributed by atoms with Crippen LogP contribution < -0.4 is 19.8 Å². The summed E-state index contributed by atoms with van der Waals surface area (Å²) < 4.78 is 60.1. The SMILES string of the molecule is O=C(Nc1cc2ocnc2c(N2CCC(F)(F)CC2)n1)c1ccc(NS(=O)(=O)CCO)cc1N1CCC2(CC1)CC2. The van der Waals surface area contributed by atoms with Crippen LogP contribution in [0.2, 0.25) is 0 Å². The number of aromatic nitrogens is 2. The summed E-state index contributed by atoms with van der Waals surface area (Å²) in [6, 6.07) is 6.24. The molecule has 2 aliphatic heterocycles. The molecule has 6 rings (SSSR count). The Kier molecular flexibility index (Phi) is 7.00. The normalized spacial score (nSPS) is 19.9. The standard InChI is InChI=1S/C27H32F2N6O5S/c28-27(29)7-11-35(12-8-27)24-23-21(40-17-30-23)16-22(31-24)32-25(37)19-2-1-18(33-41(38,39)14-13-36)15-20(19)34-9-5-26(3-4-26)6-10-34/h1-2,15-17,33,36H,3-14H2,(H,31,32,37). The number of nitrogens with one attached hydrogen (secondary N) is 2. The van der Waals surface area contributed by atoms with Gasteiger partial charge >= 0.3 is 0 Å². The van der Waals surface area contributed by atoms with Gasteiger partial charge in [-0.15, -0.1) is 0 Å². The van der Waals surface area contributed by atoms with Crippen molar-refractivity contribution < 1.29 is 31.5 Å². The molecule has 1 spiro atoms. The van der Waals surface area contributed by atoms with E-state index in [0.717, 1.165) is 25.9 Å². The third-order valence-corrected chi connectivity index (χ3v) is 9.60. The summed E-state index contributed by atoms with van der Waals surface area (Å²) in [5.41, 5.74) is 2.40. The number of hydrogen-bond acceptors (Lipinski definition) is 9. The quantitative estimate of drug-likeness (QED) is 0.357. The number of oxazole rings is 1. The first-order valence-electron chi connectivity index (χ1n) is 13.7. The van der Waals surface area contributed by atoms with Gasteiger partial charge in [-0.25, -0.2) is 27.2 Å². The number of anilines is 4. The minimum absolute atomic E-state index is 0.0909. The zero-order valence-electron chi connectivity index (χ0n) is 22.4. The molecule has 1 amide bonds. The maximum atomic E-state index is 13.8. The summed E-state index contributed by atoms with van der Waals surface area (Å²) in [5, 5.41) is 11.9. The fourth-order valence-electron chi connectivity index (χ4n) is 5.66. The van der Waals surface area contributed by atoms with Crippen molar-refractivity contribution in [1.82, 2.24) is 9.97 Å². The van der Waals surface area contributed by atoms with Crippen molar-refractivity contribution in [3.63, 3.8) is 0 Å². The molecule has 1 aliphatic carbocycles. The van der Waals surface area contributed by atoms with Gasteiger partial charge < -0.3 is 24.6 Å². The highest BCUT2D eigenvalue weighted by Crippen LogP contribution is 2.54. The molecule has 1 saturated carbocycles. The Morgan fingerprint density at radius 1 is 1.02 bits per heavy atom. The van der Waals surface area contributed by atoms with Gasteiger partial charge in [0, 0.05) is 45.1 Å². The number of alkyl halides is 2. The fourth-order valence-corrected chi connectivity index (χ4v) is 6.49. The molecule has 2 aromatic heterocycles. The minimum atomic E-state index is -3.76. The van der Waals surface area contributed by atoms with Gasteiger partial charge in [0.2, 0.25) is 10.0 Å². The lowest BCUT2D eigenvalue weighted by Crippen LogP contribution is -2.40. The van der Waals surface area contributed by atoms with Crippen molar-refractivity contribution in [2.45, 2.75) is 44.4 Å². The molecular formula is C27H32F2N6O5S. The average Bonchev–Trinajstić information content (AvgIpc) is 3.50. The number of benzene rings is 1. The number of carbonyl (C=O) groups is 1. The lowest BCUT2D eigenvalue weighted by atomic mass is 9.93. The van der Waals surface area contributed by atoms with Crippen LogP contribution in [0.5, 0.6) is 0 Å². The van der Waals surface area contributed by atoms with E-state index in [2.05, 4.69) is 24.9 Å². The van der Waals surface area contributed by atoms with Crippen molar-refractivity contribution in [3.8, 4) is 0 Å². The number of carbonyl (C=O) groups excluding carboxylic acids is 1. The van der Waals surface area contributed by atoms with E-state index in [4.69, 9.17) is 9.52 Å². The number of hydrogen-bond donors (Lipinski definition) is 3. The van der Waals surface area contributed by atoms with Crippen LogP contribution in [-0.2, 0) is 10.0 Å². The van der Waals surface area contributed by atoms with E-state index >= 15 is 0 Å². The number of sulfonamides is 1. The highest BCUT2D eigenvalue weighted by molar-refractivity contribution is 7.92. The summed E-state index contributed by atoms with van der Waals surface area (Å²) in [4.78, 5) is 26.2. The molecule has 0 atom stereocenters. The highest BCUT2D eigenvalue weighted by Gasteiger charge is 2.44. The molecule has 3 aromatic rings. The molecule has 3 aliphatic rings. The average molecular weight is 591 g/mol. The van der Waals surface area contributed by atoms with Gasteiger partial charge in [0.15, 0.2) is 23.3 Å². The molecule has 3 N–H and O–H groups in total. The van der Waals surface area contributed by atoms with Crippen LogP contribution in [0.4, 0.5) is 31.8 Å². The Morgan fingerprint density at radius 2 is 1.73 bits per heavy atom. The van der Waals surface area contributed by atoms with Crippen LogP contribution in [0.1, 0.15) is 48.9 Å². The van der Waals surface area contributed by atoms with E-state index in [1.165, 1.54) is 31.4 Å². The van der Waals surface area contributed by atoms with Gasteiger partial charge in [0.05, 0.1) is 29.3 Å². The van der Waals surface area contributed by atoms with E-state index in [9.17, 15) is 22.0 Å². The van der Waals surface area contributed by atoms with Crippen LogP contribution in [0.25, 0.3) is 11.1 Å². The van der Waals surface area contributed by atoms with Crippen LogP contribution in [0.15, 0.2) is 35.1 Å². The number of aliphatic hydroxyl groups is 1. The molecule has 2 saturated heterocycles. The molecule has 11 nitrogen and oxygen atoms in total. The van der Waals surface area contributed by atoms with Crippen LogP contribution in [-0.4, -0.2) is 73.9 Å². The molecule has 14 heteroatoms. The summed E-state index contributed by atoms with van der Waals surface area (Å²) in [7, 11) is -3.76. The smallest absolute Gasteiger partial charge is 0.258 e. The van der Waals surface area contributed by atoms with Gasteiger partial charge in [0.1, 0.15) is 5.82 Å². The summed E-state index contributed by atoms with van der Waals surface area (Å²) in [5.74, 6) is -3.08. The Balaban J connectivity index is 1.29. The Bertz CT molecular complexity index is 1560. The Morgan fingerprint density at radius 3 is 2.41 bits per heavy atom. The van der Waals surface area contributed by atoms with Crippen LogP contribution in [0.3, 0.4) is 0 Å². The second kappa shape index (κ2) is 10.4. The second-order valence-corrected chi connectivity index (χ2v) is 13.0. The van der Waals surface area contributed by atoms with Crippen molar-refractivity contribution in [3.05, 3.63) is 36.2 Å². The van der Waals surface area contributed by atoms with E-state index in [0.29, 0.717) is 39.3 Å². The zero-order valence-corrected chi connectivity index (χ0v) is 23.2. The largest absolute Gasteiger partial charge is 0.443 e. The summed E-state index contributed by atoms with van der Waals surface area (Å²) in [6.45, 7) is 1.14. The number of aliphatic hydroxyl groups excluding tert-OH is 1. The first-order valence-corrected chi connectivity index (χ1v) is 15.4. The van der Waals surface area contributed by atoms with Gasteiger partial charge in [-0.1, -0.05) is 0 Å². The predicted molar refractivity (Wildman–Crippen MR) is 150 cm³/mol. The number of fused-ring (bicyclic) bond motifs is 1. The van der Waals surface area contributed by atoms with Gasteiger partial charge in [-0.05, 0) is 49.3 Å². The van der Waals surface area contributed by atoms with Crippen molar-refractivity contribution >= 4 is 50.0 Å². The molecule has 0 unspecified atom stereocenters. The van der Waals surface area contributed by atoms with Gasteiger partial charge in [-0.2, -0.15) is 0 Å². The van der Waals surface area contributed by atoms with Crippen molar-refractivity contribution in [2.75, 3.05) is 58.4 Å². The number of piperidine rings is 2. The zero-order chi connectivity index (χ0) is 28.8. The Labute approximate surface area is 236 Å². The predicted octanol–water partition coefficient (Wildman–Crippen LogP) is 3.83. The molecule has 4 heterocycles. The monoisotopic (exact) mass is 590 g/mol. The number of amides is 1. The molecule has 0 radical (unpaired) electrons. The van der Waals surface area contributed by atoms with Crippen molar-refractivity contribution in [2.24, 2.45) is 5.41 Å². The number of rotatable bonds is 8. The molecular weight excluding hydrogens is 558 g/mol. The van der Waals surface area contributed by atoms with E-state index in [1.807, 2.05) is 0 Å². The van der Waals surface area contributed by atoms with Crippen molar-refractivity contribution in [1.29, 1.82) is 0 Å². The Hall–Kier alpha value is -3.52. The van der Waals surface area contributed by atoms with E-state index in [-0.39, 0.29) is 31.7 Å². The molecule has 0 bridgehead atoms. The molecule has 3 fully saturated rings. The third-order valence-electron chi connectivity index (χ3n) is 8.33. The number of pyridine rings is 1. The maximum Gasteiger partial charge on any atom is 0.258 e. The minimum Gasteiger partial charge on any atom is -0.443 e. The van der Waals surface area contributed by atoms with Gasteiger partial charge in [0.25, 0.3) is 11.8 Å². The summed E-state index contributed by atoms with van der Waals surface area (Å²) in [6.07, 6.45) is 5.05. The molecule has 1 aromatic carbocycles. The fraction of sp³-hybridized carbons (Fsp3) is 0.519. The lowest BCUT2D eigenvalue weighted by Gasteiger charge is -2.35. The first kappa shape index (κ1) is 27.6. The topological polar surface area (TPSA) is 141 Å². The third kappa shape index (κ3) is 5.94. The van der Waals surface area contributed by atoms with E-state index < -0.39 is 34.2 Å². The maximum absolute atomic E-state index is 13.8. The number of nitrogens with zero attached hydrogens (tertiary/aromatic N) is 4. The van der Waals surface area contributed by atoms with Gasteiger partial charge in [-0.3, -0.25) is 9.52 Å². The summed E-state index contributed by atoms with van der Waals surface area (Å²) >= 11 is 0. The first-order chi connectivity index (χ1) is 19.6. The molecule has 41 heavy (non-hydrogen) atoms. The molecule has 220 valence electrons. The number of halogens is 2. The van der Waals surface area contributed by atoms with Crippen LogP contribution in [0, 0.1) is 5.41 Å².